The minimum atomic E-state index is -0.531. The molecule has 104 valence electrons. The van der Waals surface area contributed by atoms with Crippen LogP contribution in [0.25, 0.3) is 0 Å². The smallest absolute Gasteiger partial charge is 0.224 e. The highest BCUT2D eigenvalue weighted by Gasteiger charge is 2.05. The summed E-state index contributed by atoms with van der Waals surface area (Å²) in [6.45, 7) is 1.70. The first-order chi connectivity index (χ1) is 9.65. The van der Waals surface area contributed by atoms with Crippen molar-refractivity contribution in [3.05, 3.63) is 65.7 Å². The van der Waals surface area contributed by atoms with Crippen molar-refractivity contribution in [2.75, 3.05) is 5.32 Å². The van der Waals surface area contributed by atoms with Crippen LogP contribution in [0.3, 0.4) is 0 Å². The van der Waals surface area contributed by atoms with Crippen molar-refractivity contribution < 1.29 is 9.90 Å². The molecule has 2 aromatic rings. The lowest BCUT2D eigenvalue weighted by Crippen LogP contribution is -2.12. The molecule has 0 radical (unpaired) electrons. The number of hydrogen-bond donors (Lipinski definition) is 2. The maximum atomic E-state index is 11.9. The average molecular weight is 269 g/mol. The van der Waals surface area contributed by atoms with Crippen molar-refractivity contribution in [3.8, 4) is 0 Å². The molecule has 1 atom stereocenters. The Balaban J connectivity index is 1.90. The summed E-state index contributed by atoms with van der Waals surface area (Å²) in [4.78, 5) is 11.9. The number of benzene rings is 2. The van der Waals surface area contributed by atoms with Gasteiger partial charge in [0.25, 0.3) is 0 Å². The first-order valence-corrected chi connectivity index (χ1v) is 6.77. The molecule has 0 aromatic heterocycles. The molecule has 0 saturated carbocycles. The van der Waals surface area contributed by atoms with Crippen LogP contribution in [0.2, 0.25) is 0 Å². The van der Waals surface area contributed by atoms with E-state index in [1.54, 1.807) is 13.0 Å². The van der Waals surface area contributed by atoms with Gasteiger partial charge in [-0.1, -0.05) is 42.5 Å². The number of carbonyl (C=O) groups is 1. The molecule has 2 aromatic carbocycles. The molecule has 1 amide bonds. The lowest BCUT2D eigenvalue weighted by Gasteiger charge is -2.09. The molecule has 0 saturated heterocycles. The fourth-order valence-electron chi connectivity index (χ4n) is 2.00. The Morgan fingerprint density at radius 1 is 1.15 bits per heavy atom. The van der Waals surface area contributed by atoms with Gasteiger partial charge >= 0.3 is 0 Å². The van der Waals surface area contributed by atoms with E-state index in [0.717, 1.165) is 23.2 Å². The molecule has 0 fully saturated rings. The van der Waals surface area contributed by atoms with Crippen molar-refractivity contribution in [2.45, 2.75) is 25.9 Å². The highest BCUT2D eigenvalue weighted by Crippen LogP contribution is 2.17. The van der Waals surface area contributed by atoms with Crippen LogP contribution >= 0.6 is 0 Å². The number of amides is 1. The number of hydrogen-bond acceptors (Lipinski definition) is 2. The minimum Gasteiger partial charge on any atom is -0.389 e. The van der Waals surface area contributed by atoms with Gasteiger partial charge in [-0.2, -0.15) is 0 Å². The maximum absolute atomic E-state index is 11.9. The predicted octanol–water partition coefficient (Wildman–Crippen LogP) is 3.31. The molecular weight excluding hydrogens is 250 g/mol. The molecule has 0 aliphatic rings. The van der Waals surface area contributed by atoms with E-state index in [2.05, 4.69) is 5.32 Å². The van der Waals surface area contributed by atoms with Gasteiger partial charge in [0.15, 0.2) is 0 Å². The summed E-state index contributed by atoms with van der Waals surface area (Å²) in [5, 5.41) is 12.4. The number of nitrogens with one attached hydrogen (secondary N) is 1. The van der Waals surface area contributed by atoms with Crippen LogP contribution in [0.4, 0.5) is 5.69 Å². The van der Waals surface area contributed by atoms with Crippen LogP contribution in [0.5, 0.6) is 0 Å². The summed E-state index contributed by atoms with van der Waals surface area (Å²) in [6.07, 6.45) is 0.641. The van der Waals surface area contributed by atoms with E-state index < -0.39 is 6.10 Å². The monoisotopic (exact) mass is 269 g/mol. The van der Waals surface area contributed by atoms with Gasteiger partial charge in [-0.25, -0.2) is 0 Å². The summed E-state index contributed by atoms with van der Waals surface area (Å²) in [5.41, 5.74) is 2.67. The minimum absolute atomic E-state index is 0.0170. The molecular formula is C17H19NO2. The second-order valence-electron chi connectivity index (χ2n) is 4.84. The molecule has 2 rings (SSSR count). The van der Waals surface area contributed by atoms with Crippen LogP contribution in [0.15, 0.2) is 54.6 Å². The fourth-order valence-corrected chi connectivity index (χ4v) is 2.00. The van der Waals surface area contributed by atoms with Gasteiger partial charge in [0.05, 0.1) is 6.10 Å². The van der Waals surface area contributed by atoms with E-state index in [1.807, 2.05) is 48.5 Å². The van der Waals surface area contributed by atoms with Crippen molar-refractivity contribution in [3.63, 3.8) is 0 Å². The molecule has 3 nitrogen and oxygen atoms in total. The Labute approximate surface area is 119 Å². The highest BCUT2D eigenvalue weighted by atomic mass is 16.3. The van der Waals surface area contributed by atoms with E-state index >= 15 is 0 Å². The Morgan fingerprint density at radius 3 is 2.60 bits per heavy atom. The Morgan fingerprint density at radius 2 is 1.90 bits per heavy atom. The third kappa shape index (κ3) is 4.21. The van der Waals surface area contributed by atoms with Crippen LogP contribution in [-0.4, -0.2) is 11.0 Å². The third-order valence-corrected chi connectivity index (χ3v) is 3.14. The SMILES string of the molecule is CC(O)c1cccc(NC(=O)CCc2ccccc2)c1. The summed E-state index contributed by atoms with van der Waals surface area (Å²) >= 11 is 0. The Hall–Kier alpha value is -2.13. The van der Waals surface area contributed by atoms with E-state index in [-0.39, 0.29) is 5.91 Å². The van der Waals surface area contributed by atoms with Crippen LogP contribution < -0.4 is 5.32 Å². The van der Waals surface area contributed by atoms with Gasteiger partial charge in [0, 0.05) is 12.1 Å². The zero-order chi connectivity index (χ0) is 14.4. The number of aliphatic hydroxyl groups excluding tert-OH is 1. The molecule has 0 aliphatic carbocycles. The predicted molar refractivity (Wildman–Crippen MR) is 80.5 cm³/mol. The van der Waals surface area contributed by atoms with Crippen LogP contribution in [0, 0.1) is 0 Å². The van der Waals surface area contributed by atoms with Gasteiger partial charge in [0.2, 0.25) is 5.91 Å². The van der Waals surface area contributed by atoms with E-state index in [1.165, 1.54) is 0 Å². The van der Waals surface area contributed by atoms with E-state index in [9.17, 15) is 9.90 Å². The molecule has 2 N–H and O–H groups in total. The lowest BCUT2D eigenvalue weighted by atomic mass is 10.1. The number of anilines is 1. The van der Waals surface area contributed by atoms with Crippen molar-refractivity contribution in [2.24, 2.45) is 0 Å². The van der Waals surface area contributed by atoms with Gasteiger partial charge in [-0.05, 0) is 36.6 Å². The first-order valence-electron chi connectivity index (χ1n) is 6.77. The fraction of sp³-hybridized carbons (Fsp3) is 0.235. The Kier molecular flexibility index (Phi) is 4.91. The van der Waals surface area contributed by atoms with E-state index in [4.69, 9.17) is 0 Å². The second kappa shape index (κ2) is 6.87. The van der Waals surface area contributed by atoms with Crippen molar-refractivity contribution >= 4 is 11.6 Å². The molecule has 1 unspecified atom stereocenters. The molecule has 3 heteroatoms. The zero-order valence-corrected chi connectivity index (χ0v) is 11.5. The lowest BCUT2D eigenvalue weighted by molar-refractivity contribution is -0.116. The summed E-state index contributed by atoms with van der Waals surface area (Å²) in [5.74, 6) is -0.0170. The average Bonchev–Trinajstić information content (AvgIpc) is 2.46. The number of aliphatic hydroxyl groups is 1. The summed E-state index contributed by atoms with van der Waals surface area (Å²) in [7, 11) is 0. The van der Waals surface area contributed by atoms with Crippen molar-refractivity contribution in [1.29, 1.82) is 0 Å². The highest BCUT2D eigenvalue weighted by molar-refractivity contribution is 5.90. The number of aryl methyl sites for hydroxylation is 1. The largest absolute Gasteiger partial charge is 0.389 e. The zero-order valence-electron chi connectivity index (χ0n) is 11.5. The first kappa shape index (κ1) is 14.3. The van der Waals surface area contributed by atoms with Crippen molar-refractivity contribution in [1.82, 2.24) is 0 Å². The van der Waals surface area contributed by atoms with Gasteiger partial charge in [-0.3, -0.25) is 4.79 Å². The summed E-state index contributed by atoms with van der Waals surface area (Å²) in [6, 6.07) is 17.2. The van der Waals surface area contributed by atoms with Gasteiger partial charge in [0.1, 0.15) is 0 Å². The molecule has 0 heterocycles. The second-order valence-corrected chi connectivity index (χ2v) is 4.84. The van der Waals surface area contributed by atoms with Gasteiger partial charge < -0.3 is 10.4 Å². The van der Waals surface area contributed by atoms with Gasteiger partial charge in [-0.15, -0.1) is 0 Å². The number of carbonyl (C=O) groups excluding carboxylic acids is 1. The Bertz CT molecular complexity index is 564. The molecule has 0 aliphatic heterocycles. The summed E-state index contributed by atoms with van der Waals surface area (Å²) < 4.78 is 0. The van der Waals surface area contributed by atoms with Crippen LogP contribution in [-0.2, 0) is 11.2 Å². The molecule has 0 bridgehead atoms. The van der Waals surface area contributed by atoms with Crippen LogP contribution in [0.1, 0.15) is 30.6 Å². The maximum Gasteiger partial charge on any atom is 0.224 e. The molecule has 20 heavy (non-hydrogen) atoms. The standard InChI is InChI=1S/C17H19NO2/c1-13(19)15-8-5-9-16(12-15)18-17(20)11-10-14-6-3-2-4-7-14/h2-9,12-13,19H,10-11H2,1H3,(H,18,20). The number of rotatable bonds is 5. The quantitative estimate of drug-likeness (QED) is 0.875. The third-order valence-electron chi connectivity index (χ3n) is 3.14. The van der Waals surface area contributed by atoms with E-state index in [0.29, 0.717) is 6.42 Å². The topological polar surface area (TPSA) is 49.3 Å². The normalized spacial score (nSPS) is 11.9. The molecule has 0 spiro atoms.